The largest absolute Gasteiger partial charge is 0.494 e. The molecule has 1 aliphatic rings. The van der Waals surface area contributed by atoms with E-state index in [2.05, 4.69) is 25.8 Å². The van der Waals surface area contributed by atoms with E-state index in [9.17, 15) is 0 Å². The lowest BCUT2D eigenvalue weighted by Gasteiger charge is -2.25. The van der Waals surface area contributed by atoms with Crippen molar-refractivity contribution in [3.8, 4) is 5.75 Å². The molecule has 5 nitrogen and oxygen atoms in total. The predicted octanol–water partition coefficient (Wildman–Crippen LogP) is 3.88. The first-order valence-electron chi connectivity index (χ1n) is 7.72. The van der Waals surface area contributed by atoms with E-state index in [1.807, 2.05) is 6.07 Å². The van der Waals surface area contributed by atoms with Gasteiger partial charge in [0.15, 0.2) is 0 Å². The second-order valence-electron chi connectivity index (χ2n) is 5.40. The number of fused-ring (bicyclic) bond motifs is 1. The fourth-order valence-corrected chi connectivity index (χ4v) is 3.15. The third kappa shape index (κ3) is 5.08. The Morgan fingerprint density at radius 3 is 2.65 bits per heavy atom. The lowest BCUT2D eigenvalue weighted by atomic mass is 10.1. The number of hydrogen-bond donors (Lipinski definition) is 0. The van der Waals surface area contributed by atoms with E-state index in [1.165, 1.54) is 32.4 Å². The van der Waals surface area contributed by atoms with Crippen LogP contribution in [0.1, 0.15) is 19.3 Å². The average Bonchev–Trinajstić information content (AvgIpc) is 3.08. The fraction of sp³-hybridized carbons (Fsp3) is 0.562. The molecule has 7 heteroatoms. The van der Waals surface area contributed by atoms with Gasteiger partial charge in [0, 0.05) is 13.7 Å². The summed E-state index contributed by atoms with van der Waals surface area (Å²) in [5.41, 5.74) is 0.857. The second-order valence-corrected chi connectivity index (χ2v) is 6.61. The third-order valence-corrected chi connectivity index (χ3v) is 5.06. The SMILES string of the molecule is COCCN1CCCCC1.COc1cc(Br)c(Cl)n2cncc12. The Bertz CT molecular complexity index is 615. The summed E-state index contributed by atoms with van der Waals surface area (Å²) in [7, 11) is 3.38. The number of imidazole rings is 1. The van der Waals surface area contributed by atoms with Crippen molar-refractivity contribution in [3.63, 3.8) is 0 Å². The van der Waals surface area contributed by atoms with E-state index >= 15 is 0 Å². The summed E-state index contributed by atoms with van der Waals surface area (Å²) in [6.45, 7) is 4.57. The van der Waals surface area contributed by atoms with Gasteiger partial charge in [0.1, 0.15) is 22.7 Å². The number of likely N-dealkylation sites (tertiary alicyclic amines) is 1. The first-order valence-corrected chi connectivity index (χ1v) is 8.89. The van der Waals surface area contributed by atoms with E-state index in [1.54, 1.807) is 31.1 Å². The van der Waals surface area contributed by atoms with Gasteiger partial charge < -0.3 is 14.4 Å². The number of aromatic nitrogens is 2. The lowest BCUT2D eigenvalue weighted by Crippen LogP contribution is -2.32. The average molecular weight is 405 g/mol. The van der Waals surface area contributed by atoms with Crippen molar-refractivity contribution in [1.29, 1.82) is 0 Å². The number of halogens is 2. The zero-order valence-corrected chi connectivity index (χ0v) is 15.9. The molecule has 0 aliphatic carbocycles. The molecule has 2 aromatic heterocycles. The molecule has 128 valence electrons. The summed E-state index contributed by atoms with van der Waals surface area (Å²) in [4.78, 5) is 6.47. The van der Waals surface area contributed by atoms with Gasteiger partial charge in [-0.1, -0.05) is 18.0 Å². The van der Waals surface area contributed by atoms with Crippen LogP contribution >= 0.6 is 27.5 Å². The molecule has 1 saturated heterocycles. The van der Waals surface area contributed by atoms with Gasteiger partial charge in [-0.05, 0) is 47.9 Å². The van der Waals surface area contributed by atoms with Crippen molar-refractivity contribution in [2.24, 2.45) is 0 Å². The van der Waals surface area contributed by atoms with Crippen LogP contribution < -0.4 is 4.74 Å². The summed E-state index contributed by atoms with van der Waals surface area (Å²) in [6, 6.07) is 1.82. The number of pyridine rings is 1. The molecule has 3 heterocycles. The molecule has 0 N–H and O–H groups in total. The van der Waals surface area contributed by atoms with Crippen LogP contribution in [0.2, 0.25) is 5.15 Å². The first kappa shape index (κ1) is 18.5. The second kappa shape index (κ2) is 9.47. The normalized spacial score (nSPS) is 15.3. The smallest absolute Gasteiger partial charge is 0.145 e. The molecular formula is C16H23BrClN3O2. The van der Waals surface area contributed by atoms with Crippen LogP contribution in [-0.4, -0.2) is 54.7 Å². The maximum atomic E-state index is 6.02. The summed E-state index contributed by atoms with van der Waals surface area (Å²) in [5.74, 6) is 0.744. The highest BCUT2D eigenvalue weighted by Crippen LogP contribution is 2.30. The van der Waals surface area contributed by atoms with Crippen LogP contribution in [0.15, 0.2) is 23.1 Å². The van der Waals surface area contributed by atoms with Crippen LogP contribution in [0.4, 0.5) is 0 Å². The summed E-state index contributed by atoms with van der Waals surface area (Å²) in [5, 5.41) is 0.591. The van der Waals surface area contributed by atoms with Gasteiger partial charge in [-0.15, -0.1) is 0 Å². The molecule has 3 rings (SSSR count). The van der Waals surface area contributed by atoms with Crippen LogP contribution in [0.3, 0.4) is 0 Å². The molecule has 0 atom stereocenters. The molecule has 2 aromatic rings. The topological polar surface area (TPSA) is 39.0 Å². The van der Waals surface area contributed by atoms with Gasteiger partial charge >= 0.3 is 0 Å². The molecule has 0 bridgehead atoms. The van der Waals surface area contributed by atoms with Gasteiger partial charge in [-0.25, -0.2) is 4.98 Å². The van der Waals surface area contributed by atoms with Gasteiger partial charge in [0.2, 0.25) is 0 Å². The van der Waals surface area contributed by atoms with Crippen molar-refractivity contribution in [1.82, 2.24) is 14.3 Å². The minimum absolute atomic E-state index is 0.591. The van der Waals surface area contributed by atoms with Crippen LogP contribution in [0.25, 0.3) is 5.52 Å². The Morgan fingerprint density at radius 1 is 1.26 bits per heavy atom. The number of hydrogen-bond acceptors (Lipinski definition) is 4. The van der Waals surface area contributed by atoms with Gasteiger partial charge in [0.25, 0.3) is 0 Å². The number of nitrogens with zero attached hydrogens (tertiary/aromatic N) is 3. The van der Waals surface area contributed by atoms with Gasteiger partial charge in [-0.3, -0.25) is 4.40 Å². The molecule has 23 heavy (non-hydrogen) atoms. The third-order valence-electron chi connectivity index (χ3n) is 3.84. The number of piperidine rings is 1. The van der Waals surface area contributed by atoms with Crippen molar-refractivity contribution >= 4 is 33.0 Å². The molecule has 0 aromatic carbocycles. The van der Waals surface area contributed by atoms with E-state index in [4.69, 9.17) is 21.1 Å². The molecule has 0 spiro atoms. The van der Waals surface area contributed by atoms with Crippen LogP contribution in [-0.2, 0) is 4.74 Å². The van der Waals surface area contributed by atoms with Crippen molar-refractivity contribution in [2.45, 2.75) is 19.3 Å². The predicted molar refractivity (Wildman–Crippen MR) is 96.6 cm³/mol. The molecule has 0 radical (unpaired) electrons. The number of methoxy groups -OCH3 is 2. The fourth-order valence-electron chi connectivity index (χ4n) is 2.56. The maximum absolute atomic E-state index is 6.02. The Balaban J connectivity index is 0.000000174. The zero-order valence-electron chi connectivity index (χ0n) is 13.6. The lowest BCUT2D eigenvalue weighted by molar-refractivity contribution is 0.135. The highest BCUT2D eigenvalue weighted by Gasteiger charge is 2.09. The molecule has 0 unspecified atom stereocenters. The zero-order chi connectivity index (χ0) is 16.7. The van der Waals surface area contributed by atoms with E-state index in [0.717, 1.165) is 28.9 Å². The van der Waals surface area contributed by atoms with Crippen molar-refractivity contribution < 1.29 is 9.47 Å². The molecule has 1 fully saturated rings. The summed E-state index contributed by atoms with van der Waals surface area (Å²) >= 11 is 9.35. The van der Waals surface area contributed by atoms with E-state index in [0.29, 0.717) is 5.15 Å². The van der Waals surface area contributed by atoms with Gasteiger partial charge in [0.05, 0.1) is 24.4 Å². The van der Waals surface area contributed by atoms with Crippen LogP contribution in [0, 0.1) is 0 Å². The maximum Gasteiger partial charge on any atom is 0.145 e. The Kier molecular flexibility index (Phi) is 7.62. The summed E-state index contributed by atoms with van der Waals surface area (Å²) < 4.78 is 12.7. The quantitative estimate of drug-likeness (QED) is 0.725. The highest BCUT2D eigenvalue weighted by molar-refractivity contribution is 9.10. The Hall–Kier alpha value is -0.820. The van der Waals surface area contributed by atoms with Crippen molar-refractivity contribution in [2.75, 3.05) is 40.5 Å². The number of ether oxygens (including phenoxy) is 2. The molecule has 1 aliphatic heterocycles. The van der Waals surface area contributed by atoms with E-state index < -0.39 is 0 Å². The van der Waals surface area contributed by atoms with Crippen molar-refractivity contribution in [3.05, 3.63) is 28.2 Å². The van der Waals surface area contributed by atoms with E-state index in [-0.39, 0.29) is 0 Å². The molecule has 0 saturated carbocycles. The van der Waals surface area contributed by atoms with Gasteiger partial charge in [-0.2, -0.15) is 0 Å². The summed E-state index contributed by atoms with van der Waals surface area (Å²) in [6.07, 6.45) is 7.53. The monoisotopic (exact) mass is 403 g/mol. The Morgan fingerprint density at radius 2 is 2.00 bits per heavy atom. The highest BCUT2D eigenvalue weighted by atomic mass is 79.9. The number of rotatable bonds is 4. The van der Waals surface area contributed by atoms with Crippen LogP contribution in [0.5, 0.6) is 5.75 Å². The standard InChI is InChI=1S/C8H6BrClN2O.C8H17NO/c1-13-7-2-5(9)8(10)12-4-11-3-6(7)12;1-10-8-7-9-5-3-2-4-6-9/h2-4H,1H3;2-8H2,1H3. The first-order chi connectivity index (χ1) is 11.2. The minimum Gasteiger partial charge on any atom is -0.494 e. The molecular weight excluding hydrogens is 382 g/mol. The minimum atomic E-state index is 0.591. The molecule has 0 amide bonds. The Labute approximate surface area is 150 Å².